The first kappa shape index (κ1) is 14.8. The summed E-state index contributed by atoms with van der Waals surface area (Å²) in [7, 11) is 0. The van der Waals surface area contributed by atoms with E-state index < -0.39 is 0 Å². The molecule has 10 rings (SSSR count). The third-order valence-corrected chi connectivity index (χ3v) is 11.3. The molecule has 0 nitrogen and oxygen atoms in total. The van der Waals surface area contributed by atoms with E-state index in [0.717, 1.165) is 47.3 Å². The molecule has 0 heteroatoms. The fourth-order valence-corrected chi connectivity index (χ4v) is 10.5. The van der Waals surface area contributed by atoms with Crippen molar-refractivity contribution in [3.8, 4) is 0 Å². The lowest BCUT2D eigenvalue weighted by molar-refractivity contribution is 0.325. The highest BCUT2D eigenvalue weighted by atomic mass is 14.6. The monoisotopic (exact) mass is 386 g/mol. The Morgan fingerprint density at radius 3 is 1.40 bits per heavy atom. The molecule has 4 bridgehead atoms. The average Bonchev–Trinajstić information content (AvgIpc) is 3.50. The second kappa shape index (κ2) is 4.43. The molecule has 0 aliphatic heterocycles. The lowest BCUT2D eigenvalue weighted by Crippen LogP contribution is -2.30. The van der Waals surface area contributed by atoms with Crippen LogP contribution in [-0.4, -0.2) is 0 Å². The largest absolute Gasteiger partial charge is 0.0537 e. The second-order valence-corrected chi connectivity index (χ2v) is 12.0. The molecule has 0 heterocycles. The van der Waals surface area contributed by atoms with Gasteiger partial charge in [-0.15, -0.1) is 0 Å². The van der Waals surface area contributed by atoms with E-state index in [1.54, 1.807) is 43.8 Å². The van der Waals surface area contributed by atoms with Crippen LogP contribution in [0.3, 0.4) is 0 Å². The zero-order valence-electron chi connectivity index (χ0n) is 17.3. The Morgan fingerprint density at radius 1 is 0.500 bits per heavy atom. The smallest absolute Gasteiger partial charge is 0.00236 e. The Balaban J connectivity index is 1.32. The molecule has 146 valence electrons. The second-order valence-electron chi connectivity index (χ2n) is 12.0. The molecule has 0 aromatic heterocycles. The maximum Gasteiger partial charge on any atom is -0.00236 e. The van der Waals surface area contributed by atoms with Crippen LogP contribution in [0.2, 0.25) is 0 Å². The standard InChI is InChI=1S/C30H26/c1-3-15-9-13(1)25-21-11-17-5-8-20-24-18(6-7-19(23(17)24)29(21)27(15)25)12-22-26-14-2-4-16(10-14)28(26)30(20)22/h5-8,11-16,25-28H,1-4,9-10H2. The molecule has 4 fully saturated rings. The molecule has 4 aromatic carbocycles. The van der Waals surface area contributed by atoms with Crippen molar-refractivity contribution in [2.45, 2.75) is 62.2 Å². The predicted octanol–water partition coefficient (Wildman–Crippen LogP) is 7.81. The summed E-state index contributed by atoms with van der Waals surface area (Å²) in [4.78, 5) is 0. The molecule has 4 aromatic rings. The van der Waals surface area contributed by atoms with Crippen molar-refractivity contribution < 1.29 is 0 Å². The van der Waals surface area contributed by atoms with Crippen molar-refractivity contribution >= 4 is 32.3 Å². The minimum atomic E-state index is 0.890. The van der Waals surface area contributed by atoms with E-state index in [0.29, 0.717) is 0 Å². The minimum Gasteiger partial charge on any atom is -0.0537 e. The fourth-order valence-electron chi connectivity index (χ4n) is 10.5. The molecule has 0 saturated heterocycles. The van der Waals surface area contributed by atoms with E-state index in [9.17, 15) is 0 Å². The molecular formula is C30H26. The lowest BCUT2D eigenvalue weighted by Gasteiger charge is -2.45. The Kier molecular flexibility index (Phi) is 2.19. The van der Waals surface area contributed by atoms with E-state index in [4.69, 9.17) is 0 Å². The maximum atomic E-state index is 2.62. The molecule has 6 aliphatic carbocycles. The van der Waals surface area contributed by atoms with Gasteiger partial charge in [0, 0.05) is 0 Å². The molecule has 0 N–H and O–H groups in total. The SMILES string of the molecule is c1cc2c3c(cc4ccc5c6c(cc1c5c42)C1C2CCC(C2)C61)C1C2CCC(C2)C31. The summed E-state index contributed by atoms with van der Waals surface area (Å²) in [6.07, 6.45) is 8.99. The third-order valence-electron chi connectivity index (χ3n) is 11.3. The van der Waals surface area contributed by atoms with Crippen LogP contribution in [0, 0.1) is 23.7 Å². The number of hydrogen-bond acceptors (Lipinski definition) is 0. The summed E-state index contributed by atoms with van der Waals surface area (Å²) >= 11 is 0. The maximum absolute atomic E-state index is 2.62. The van der Waals surface area contributed by atoms with Gasteiger partial charge in [-0.25, -0.2) is 0 Å². The molecule has 30 heavy (non-hydrogen) atoms. The Morgan fingerprint density at radius 2 is 0.933 bits per heavy atom. The summed E-state index contributed by atoms with van der Waals surface area (Å²) in [6, 6.07) is 15.3. The molecule has 0 amide bonds. The summed E-state index contributed by atoms with van der Waals surface area (Å²) in [6.45, 7) is 0. The Bertz CT molecular complexity index is 1340. The van der Waals surface area contributed by atoms with Crippen LogP contribution < -0.4 is 0 Å². The lowest BCUT2D eigenvalue weighted by atomic mass is 9.58. The first-order valence-electron chi connectivity index (χ1n) is 12.6. The third kappa shape index (κ3) is 1.33. The zero-order chi connectivity index (χ0) is 18.9. The van der Waals surface area contributed by atoms with Crippen molar-refractivity contribution in [2.75, 3.05) is 0 Å². The van der Waals surface area contributed by atoms with Crippen LogP contribution in [0.5, 0.6) is 0 Å². The van der Waals surface area contributed by atoms with E-state index in [-0.39, 0.29) is 0 Å². The van der Waals surface area contributed by atoms with Crippen molar-refractivity contribution in [3.63, 3.8) is 0 Å². The van der Waals surface area contributed by atoms with Crippen molar-refractivity contribution in [1.82, 2.24) is 0 Å². The van der Waals surface area contributed by atoms with Crippen LogP contribution in [0.25, 0.3) is 32.3 Å². The van der Waals surface area contributed by atoms with Gasteiger partial charge in [0.2, 0.25) is 0 Å². The number of rotatable bonds is 0. The van der Waals surface area contributed by atoms with Crippen LogP contribution in [0.1, 0.15) is 84.5 Å². The quantitative estimate of drug-likeness (QED) is 0.270. The van der Waals surface area contributed by atoms with Gasteiger partial charge in [-0.3, -0.25) is 0 Å². The highest BCUT2D eigenvalue weighted by molar-refractivity contribution is 6.25. The zero-order valence-corrected chi connectivity index (χ0v) is 17.3. The molecule has 4 saturated carbocycles. The summed E-state index contributed by atoms with van der Waals surface area (Å²) < 4.78 is 0. The van der Waals surface area contributed by atoms with Gasteiger partial charge in [-0.05, 0) is 140 Å². The molecule has 0 radical (unpaired) electrons. The van der Waals surface area contributed by atoms with Gasteiger partial charge >= 0.3 is 0 Å². The highest BCUT2D eigenvalue weighted by Gasteiger charge is 2.57. The van der Waals surface area contributed by atoms with E-state index in [1.165, 1.54) is 49.3 Å². The number of benzene rings is 4. The normalized spacial score (nSPS) is 41.2. The van der Waals surface area contributed by atoms with E-state index >= 15 is 0 Å². The molecular weight excluding hydrogens is 360 g/mol. The van der Waals surface area contributed by atoms with Gasteiger partial charge in [0.05, 0.1) is 0 Å². The first-order valence-corrected chi connectivity index (χ1v) is 12.6. The predicted molar refractivity (Wildman–Crippen MR) is 123 cm³/mol. The molecule has 6 aliphatic rings. The fraction of sp³-hybridized carbons (Fsp3) is 0.467. The van der Waals surface area contributed by atoms with Crippen molar-refractivity contribution in [2.24, 2.45) is 23.7 Å². The molecule has 0 spiro atoms. The highest BCUT2D eigenvalue weighted by Crippen LogP contribution is 2.71. The minimum absolute atomic E-state index is 0.890. The molecule has 8 unspecified atom stereocenters. The van der Waals surface area contributed by atoms with Crippen LogP contribution in [0.4, 0.5) is 0 Å². The number of fused-ring (bicyclic) bond motifs is 18. The Hall–Kier alpha value is -2.08. The van der Waals surface area contributed by atoms with Gasteiger partial charge in [0.25, 0.3) is 0 Å². The number of hydrogen-bond donors (Lipinski definition) is 0. The van der Waals surface area contributed by atoms with Gasteiger partial charge in [0.15, 0.2) is 0 Å². The van der Waals surface area contributed by atoms with Gasteiger partial charge < -0.3 is 0 Å². The molecule has 8 atom stereocenters. The van der Waals surface area contributed by atoms with Gasteiger partial charge in [-0.2, -0.15) is 0 Å². The van der Waals surface area contributed by atoms with Crippen molar-refractivity contribution in [1.29, 1.82) is 0 Å². The van der Waals surface area contributed by atoms with Crippen LogP contribution in [0.15, 0.2) is 36.4 Å². The van der Waals surface area contributed by atoms with Crippen LogP contribution >= 0.6 is 0 Å². The van der Waals surface area contributed by atoms with Gasteiger partial charge in [-0.1, -0.05) is 36.4 Å². The summed E-state index contributed by atoms with van der Waals surface area (Å²) in [5.41, 5.74) is 7.02. The van der Waals surface area contributed by atoms with E-state index in [1.807, 2.05) is 0 Å². The van der Waals surface area contributed by atoms with Crippen molar-refractivity contribution in [3.05, 3.63) is 58.7 Å². The first-order chi connectivity index (χ1) is 14.9. The van der Waals surface area contributed by atoms with E-state index in [2.05, 4.69) is 36.4 Å². The van der Waals surface area contributed by atoms with Crippen LogP contribution in [-0.2, 0) is 0 Å². The average molecular weight is 387 g/mol. The summed E-state index contributed by atoms with van der Waals surface area (Å²) in [5.74, 6) is 7.55. The summed E-state index contributed by atoms with van der Waals surface area (Å²) in [5, 5.41) is 9.51. The van der Waals surface area contributed by atoms with Gasteiger partial charge in [0.1, 0.15) is 0 Å². The Labute approximate surface area is 177 Å². The topological polar surface area (TPSA) is 0 Å².